The van der Waals surface area contributed by atoms with Gasteiger partial charge in [-0.05, 0) is 0 Å². The van der Waals surface area contributed by atoms with Crippen molar-refractivity contribution in [2.75, 3.05) is 5.73 Å². The van der Waals surface area contributed by atoms with Crippen LogP contribution in [0.4, 0.5) is 5.82 Å². The molecule has 0 saturated carbocycles. The molecule has 0 aromatic carbocycles. The van der Waals surface area contributed by atoms with Gasteiger partial charge in [-0.1, -0.05) is 0 Å². The number of fused-ring (bicyclic) bond motifs is 1. The summed E-state index contributed by atoms with van der Waals surface area (Å²) in [6.45, 7) is 0. The maximum Gasteiger partial charge on any atom is 0.181 e. The van der Waals surface area contributed by atoms with Crippen LogP contribution in [0.2, 0.25) is 0 Å². The average Bonchev–Trinajstić information content (AvgIpc) is 2.41. The van der Waals surface area contributed by atoms with Gasteiger partial charge in [0, 0.05) is 7.05 Å². The van der Waals surface area contributed by atoms with Crippen LogP contribution in [-0.2, 0) is 7.05 Å². The van der Waals surface area contributed by atoms with Gasteiger partial charge in [-0.3, -0.25) is 5.10 Å². The third-order valence-electron chi connectivity index (χ3n) is 1.48. The minimum absolute atomic E-state index is 0.572. The summed E-state index contributed by atoms with van der Waals surface area (Å²) in [6.07, 6.45) is 1.69. The molecule has 0 aliphatic rings. The van der Waals surface area contributed by atoms with E-state index in [1.165, 1.54) is 0 Å². The number of aryl methyl sites for hydroxylation is 1. The van der Waals surface area contributed by atoms with E-state index in [1.807, 2.05) is 7.05 Å². The van der Waals surface area contributed by atoms with E-state index in [-0.39, 0.29) is 0 Å². The van der Waals surface area contributed by atoms with Crippen molar-refractivity contribution >= 4 is 16.9 Å². The van der Waals surface area contributed by atoms with Gasteiger partial charge in [0.1, 0.15) is 5.82 Å². The number of hydrogen-bond donors (Lipinski definition) is 2. The molecule has 10 heavy (non-hydrogen) atoms. The number of nitrogen functional groups attached to an aromatic ring is 1. The lowest BCUT2D eigenvalue weighted by atomic mass is 10.4. The molecular formula is C5H7N5. The maximum atomic E-state index is 5.52. The first kappa shape index (κ1) is 5.28. The molecule has 0 atom stereocenters. The third kappa shape index (κ3) is 0.464. The maximum absolute atomic E-state index is 5.52. The van der Waals surface area contributed by atoms with E-state index >= 15 is 0 Å². The summed E-state index contributed by atoms with van der Waals surface area (Å²) in [5.41, 5.74) is 6.31. The van der Waals surface area contributed by atoms with Gasteiger partial charge in [-0.15, -0.1) is 0 Å². The fourth-order valence-corrected chi connectivity index (χ4v) is 0.927. The first-order valence-corrected chi connectivity index (χ1v) is 2.90. The summed E-state index contributed by atoms with van der Waals surface area (Å²) < 4.78 is 1.67. The lowest BCUT2D eigenvalue weighted by Crippen LogP contribution is -1.89. The highest BCUT2D eigenvalue weighted by Gasteiger charge is 2.04. The van der Waals surface area contributed by atoms with Crippen molar-refractivity contribution in [2.45, 2.75) is 0 Å². The van der Waals surface area contributed by atoms with Gasteiger partial charge in [0.15, 0.2) is 5.65 Å². The Hall–Kier alpha value is -1.52. The zero-order valence-corrected chi connectivity index (χ0v) is 5.50. The molecule has 5 nitrogen and oxygen atoms in total. The molecule has 0 aliphatic carbocycles. The summed E-state index contributed by atoms with van der Waals surface area (Å²) in [6, 6.07) is 0. The van der Waals surface area contributed by atoms with Crippen LogP contribution in [0, 0.1) is 0 Å². The number of hydrogen-bond acceptors (Lipinski definition) is 3. The van der Waals surface area contributed by atoms with Gasteiger partial charge >= 0.3 is 0 Å². The predicted octanol–water partition coefficient (Wildman–Crippen LogP) is -0.121. The van der Waals surface area contributed by atoms with Crippen LogP contribution in [0.3, 0.4) is 0 Å². The van der Waals surface area contributed by atoms with Crippen molar-refractivity contribution in [3.8, 4) is 0 Å². The Bertz CT molecular complexity index is 321. The van der Waals surface area contributed by atoms with Crippen LogP contribution >= 0.6 is 0 Å². The SMILES string of the molecule is Cn1ncc2c(N)[nH]nc21. The summed E-state index contributed by atoms with van der Waals surface area (Å²) in [5, 5.41) is 11.4. The number of rotatable bonds is 0. The molecule has 0 fully saturated rings. The summed E-state index contributed by atoms with van der Waals surface area (Å²) >= 11 is 0. The zero-order valence-electron chi connectivity index (χ0n) is 5.50. The summed E-state index contributed by atoms with van der Waals surface area (Å²) in [4.78, 5) is 0. The molecule has 0 bridgehead atoms. The molecule has 2 aromatic rings. The Morgan fingerprint density at radius 3 is 3.20 bits per heavy atom. The highest BCUT2D eigenvalue weighted by molar-refractivity contribution is 5.85. The van der Waals surface area contributed by atoms with E-state index in [9.17, 15) is 0 Å². The lowest BCUT2D eigenvalue weighted by molar-refractivity contribution is 0.779. The van der Waals surface area contributed by atoms with Crippen molar-refractivity contribution in [1.82, 2.24) is 20.0 Å². The topological polar surface area (TPSA) is 72.5 Å². The number of nitrogens with two attached hydrogens (primary N) is 1. The molecule has 0 radical (unpaired) electrons. The number of aromatic amines is 1. The molecular weight excluding hydrogens is 130 g/mol. The number of aromatic nitrogens is 4. The largest absolute Gasteiger partial charge is 0.383 e. The molecule has 3 N–H and O–H groups in total. The Balaban J connectivity index is 2.95. The van der Waals surface area contributed by atoms with E-state index in [1.54, 1.807) is 10.9 Å². The second-order valence-corrected chi connectivity index (χ2v) is 2.14. The smallest absolute Gasteiger partial charge is 0.181 e. The van der Waals surface area contributed by atoms with Crippen LogP contribution in [0.15, 0.2) is 6.20 Å². The van der Waals surface area contributed by atoms with Crippen molar-refractivity contribution < 1.29 is 0 Å². The highest BCUT2D eigenvalue weighted by atomic mass is 15.3. The lowest BCUT2D eigenvalue weighted by Gasteiger charge is -1.82. The molecule has 0 unspecified atom stereocenters. The molecule has 0 saturated heterocycles. The van der Waals surface area contributed by atoms with Gasteiger partial charge in [0.25, 0.3) is 0 Å². The van der Waals surface area contributed by atoms with Crippen LogP contribution in [0.1, 0.15) is 0 Å². The van der Waals surface area contributed by atoms with Crippen LogP contribution in [-0.4, -0.2) is 20.0 Å². The third-order valence-corrected chi connectivity index (χ3v) is 1.48. The number of anilines is 1. The molecule has 52 valence electrons. The first-order valence-electron chi connectivity index (χ1n) is 2.90. The average molecular weight is 137 g/mol. The highest BCUT2D eigenvalue weighted by Crippen LogP contribution is 2.14. The summed E-state index contributed by atoms with van der Waals surface area (Å²) in [7, 11) is 1.82. The van der Waals surface area contributed by atoms with Gasteiger partial charge in [-0.2, -0.15) is 10.2 Å². The van der Waals surface area contributed by atoms with Crippen molar-refractivity contribution in [3.05, 3.63) is 6.20 Å². The van der Waals surface area contributed by atoms with Crippen LogP contribution < -0.4 is 5.73 Å². The minimum atomic E-state index is 0.572. The number of nitrogens with one attached hydrogen (secondary N) is 1. The van der Waals surface area contributed by atoms with Crippen LogP contribution in [0.25, 0.3) is 11.0 Å². The summed E-state index contributed by atoms with van der Waals surface area (Å²) in [5.74, 6) is 0.572. The Morgan fingerprint density at radius 2 is 2.50 bits per heavy atom. The van der Waals surface area contributed by atoms with E-state index in [2.05, 4.69) is 15.3 Å². The number of nitrogens with zero attached hydrogens (tertiary/aromatic N) is 3. The van der Waals surface area contributed by atoms with Gasteiger partial charge < -0.3 is 5.73 Å². The fraction of sp³-hybridized carbons (Fsp3) is 0.200. The zero-order chi connectivity index (χ0) is 7.14. The van der Waals surface area contributed by atoms with Gasteiger partial charge in [0.05, 0.1) is 11.6 Å². The monoisotopic (exact) mass is 137 g/mol. The molecule has 0 amide bonds. The number of H-pyrrole nitrogens is 1. The normalized spacial score (nSPS) is 10.9. The minimum Gasteiger partial charge on any atom is -0.383 e. The van der Waals surface area contributed by atoms with Gasteiger partial charge in [0.2, 0.25) is 0 Å². The Morgan fingerprint density at radius 1 is 1.70 bits per heavy atom. The van der Waals surface area contributed by atoms with Crippen molar-refractivity contribution in [3.63, 3.8) is 0 Å². The van der Waals surface area contributed by atoms with Gasteiger partial charge in [-0.25, -0.2) is 4.68 Å². The quantitative estimate of drug-likeness (QED) is 0.531. The molecule has 5 heteroatoms. The second-order valence-electron chi connectivity index (χ2n) is 2.14. The van der Waals surface area contributed by atoms with E-state index < -0.39 is 0 Å². The standard InChI is InChI=1S/C5H7N5/c1-10-5-3(2-7-10)4(6)8-9-5/h2H,1H3,(H3,6,8,9). The van der Waals surface area contributed by atoms with E-state index in [4.69, 9.17) is 5.73 Å². The second kappa shape index (κ2) is 1.50. The van der Waals surface area contributed by atoms with E-state index in [0.29, 0.717) is 5.82 Å². The molecule has 2 heterocycles. The van der Waals surface area contributed by atoms with Crippen molar-refractivity contribution in [2.24, 2.45) is 7.05 Å². The first-order chi connectivity index (χ1) is 4.79. The van der Waals surface area contributed by atoms with Crippen LogP contribution in [0.5, 0.6) is 0 Å². The molecule has 0 spiro atoms. The fourth-order valence-electron chi connectivity index (χ4n) is 0.927. The Labute approximate surface area is 56.8 Å². The predicted molar refractivity (Wildman–Crippen MR) is 37.3 cm³/mol. The van der Waals surface area contributed by atoms with Crippen molar-refractivity contribution in [1.29, 1.82) is 0 Å². The Kier molecular flexibility index (Phi) is 0.791. The molecule has 2 aromatic heterocycles. The molecule has 2 rings (SSSR count). The molecule has 0 aliphatic heterocycles. The van der Waals surface area contributed by atoms with E-state index in [0.717, 1.165) is 11.0 Å².